The van der Waals surface area contributed by atoms with Crippen molar-refractivity contribution in [3.05, 3.63) is 34.7 Å². The molecule has 0 aromatic carbocycles. The second-order valence-corrected chi connectivity index (χ2v) is 4.30. The number of fused-ring (bicyclic) bond motifs is 1. The van der Waals surface area contributed by atoms with E-state index in [1.54, 1.807) is 7.11 Å². The molecule has 2 rings (SSSR count). The van der Waals surface area contributed by atoms with Crippen LogP contribution in [0, 0.1) is 5.41 Å². The molecule has 1 atom stereocenters. The number of allylic oxidation sites excluding steroid dienone is 4. The summed E-state index contributed by atoms with van der Waals surface area (Å²) in [6.45, 7) is 1.87. The lowest BCUT2D eigenvalue weighted by Crippen LogP contribution is -2.42. The van der Waals surface area contributed by atoms with E-state index in [1.165, 1.54) is 6.20 Å². The fourth-order valence-corrected chi connectivity index (χ4v) is 2.24. The molecule has 0 spiro atoms. The molecular formula is C11H12ClNO2. The highest BCUT2D eigenvalue weighted by atomic mass is 35.5. The van der Waals surface area contributed by atoms with Gasteiger partial charge >= 0.3 is 0 Å². The molecule has 1 aliphatic heterocycles. The zero-order chi connectivity index (χ0) is 11.1. The van der Waals surface area contributed by atoms with Gasteiger partial charge < -0.3 is 10.1 Å². The van der Waals surface area contributed by atoms with Crippen LogP contribution in [0.4, 0.5) is 0 Å². The summed E-state index contributed by atoms with van der Waals surface area (Å²) in [6, 6.07) is 0. The van der Waals surface area contributed by atoms with Crippen LogP contribution >= 0.6 is 11.6 Å². The fraction of sp³-hybridized carbons (Fsp3) is 0.364. The van der Waals surface area contributed by atoms with Crippen molar-refractivity contribution in [2.24, 2.45) is 5.41 Å². The van der Waals surface area contributed by atoms with Gasteiger partial charge in [-0.1, -0.05) is 17.7 Å². The van der Waals surface area contributed by atoms with Crippen LogP contribution in [0.2, 0.25) is 0 Å². The first-order valence-corrected chi connectivity index (χ1v) is 5.08. The van der Waals surface area contributed by atoms with Crippen molar-refractivity contribution < 1.29 is 9.53 Å². The third-order valence-corrected chi connectivity index (χ3v) is 3.22. The van der Waals surface area contributed by atoms with Gasteiger partial charge in [0.2, 0.25) is 5.91 Å². The van der Waals surface area contributed by atoms with Gasteiger partial charge in [0.25, 0.3) is 0 Å². The summed E-state index contributed by atoms with van der Waals surface area (Å²) < 4.78 is 5.16. The Labute approximate surface area is 93.4 Å². The zero-order valence-corrected chi connectivity index (χ0v) is 9.39. The van der Waals surface area contributed by atoms with Crippen molar-refractivity contribution in [2.45, 2.75) is 13.3 Å². The van der Waals surface area contributed by atoms with Crippen molar-refractivity contribution in [3.8, 4) is 0 Å². The van der Waals surface area contributed by atoms with Gasteiger partial charge in [-0.2, -0.15) is 0 Å². The van der Waals surface area contributed by atoms with Crippen molar-refractivity contribution in [3.63, 3.8) is 0 Å². The topological polar surface area (TPSA) is 38.3 Å². The van der Waals surface area contributed by atoms with Crippen molar-refractivity contribution >= 4 is 17.5 Å². The van der Waals surface area contributed by atoms with E-state index >= 15 is 0 Å². The van der Waals surface area contributed by atoms with Crippen LogP contribution in [0.15, 0.2) is 34.7 Å². The summed E-state index contributed by atoms with van der Waals surface area (Å²) in [4.78, 5) is 11.8. The second kappa shape index (κ2) is 3.42. The Morgan fingerprint density at radius 1 is 1.53 bits per heavy atom. The van der Waals surface area contributed by atoms with E-state index in [9.17, 15) is 4.79 Å². The molecule has 15 heavy (non-hydrogen) atoms. The van der Waals surface area contributed by atoms with Crippen LogP contribution in [0.5, 0.6) is 0 Å². The Bertz CT molecular complexity index is 409. The standard InChI is InChI=1S/C11H12ClNO2/c1-11-5-7(15-2)3-4-8(11)9(12)6-13-10(11)14/h3-4,6H,5H2,1-2H3,(H,13,14). The number of carbonyl (C=O) groups is 1. The molecule has 1 heterocycles. The first kappa shape index (κ1) is 10.3. The molecule has 0 saturated carbocycles. The molecule has 1 aliphatic carbocycles. The van der Waals surface area contributed by atoms with Crippen LogP contribution in [-0.2, 0) is 9.53 Å². The van der Waals surface area contributed by atoms with E-state index in [4.69, 9.17) is 16.3 Å². The monoisotopic (exact) mass is 225 g/mol. The maximum absolute atomic E-state index is 11.8. The number of ether oxygens (including phenoxy) is 1. The van der Waals surface area contributed by atoms with Gasteiger partial charge in [0, 0.05) is 12.6 Å². The lowest BCUT2D eigenvalue weighted by molar-refractivity contribution is -0.128. The van der Waals surface area contributed by atoms with Crippen LogP contribution in [-0.4, -0.2) is 13.0 Å². The third kappa shape index (κ3) is 1.47. The SMILES string of the molecule is COC1=CC=C2C(Cl)=CNC(=O)C2(C)C1. The van der Waals surface area contributed by atoms with E-state index in [-0.39, 0.29) is 5.91 Å². The number of rotatable bonds is 1. The van der Waals surface area contributed by atoms with Gasteiger partial charge in [-0.3, -0.25) is 4.79 Å². The minimum absolute atomic E-state index is 0.0409. The molecule has 0 bridgehead atoms. The summed E-state index contributed by atoms with van der Waals surface area (Å²) in [5.74, 6) is 0.753. The summed E-state index contributed by atoms with van der Waals surface area (Å²) in [6.07, 6.45) is 5.78. The molecule has 1 amide bonds. The number of hydrogen-bond donors (Lipinski definition) is 1. The largest absolute Gasteiger partial charge is 0.501 e. The van der Waals surface area contributed by atoms with Gasteiger partial charge in [-0.05, 0) is 18.6 Å². The average molecular weight is 226 g/mol. The molecule has 0 aromatic rings. The van der Waals surface area contributed by atoms with Gasteiger partial charge in [0.15, 0.2) is 0 Å². The van der Waals surface area contributed by atoms with E-state index in [2.05, 4.69) is 5.32 Å². The highest BCUT2D eigenvalue weighted by Crippen LogP contribution is 2.44. The molecule has 3 nitrogen and oxygen atoms in total. The average Bonchev–Trinajstić information content (AvgIpc) is 2.23. The zero-order valence-electron chi connectivity index (χ0n) is 8.63. The second-order valence-electron chi connectivity index (χ2n) is 3.89. The normalized spacial score (nSPS) is 29.5. The molecule has 0 aromatic heterocycles. The molecule has 1 N–H and O–H groups in total. The van der Waals surface area contributed by atoms with E-state index in [1.807, 2.05) is 19.1 Å². The Hall–Kier alpha value is -1.22. The minimum atomic E-state index is -0.605. The summed E-state index contributed by atoms with van der Waals surface area (Å²) in [5.41, 5.74) is 0.250. The van der Waals surface area contributed by atoms with Crippen molar-refractivity contribution in [1.82, 2.24) is 5.32 Å². The Balaban J connectivity index is 2.49. The maximum Gasteiger partial charge on any atom is 0.234 e. The highest BCUT2D eigenvalue weighted by Gasteiger charge is 2.43. The van der Waals surface area contributed by atoms with Gasteiger partial charge in [-0.15, -0.1) is 0 Å². The van der Waals surface area contributed by atoms with Gasteiger partial charge in [-0.25, -0.2) is 0 Å². The first-order chi connectivity index (χ1) is 7.08. The summed E-state index contributed by atoms with van der Waals surface area (Å²) in [5, 5.41) is 3.25. The summed E-state index contributed by atoms with van der Waals surface area (Å²) >= 11 is 6.04. The van der Waals surface area contributed by atoms with Crippen LogP contribution < -0.4 is 5.32 Å². The van der Waals surface area contributed by atoms with Crippen molar-refractivity contribution in [1.29, 1.82) is 0 Å². The lowest BCUT2D eigenvalue weighted by Gasteiger charge is -2.35. The van der Waals surface area contributed by atoms with Crippen molar-refractivity contribution in [2.75, 3.05) is 7.11 Å². The number of carbonyl (C=O) groups excluding carboxylic acids is 1. The molecule has 4 heteroatoms. The van der Waals surface area contributed by atoms with E-state index < -0.39 is 5.41 Å². The van der Waals surface area contributed by atoms with E-state index in [0.29, 0.717) is 11.5 Å². The molecular weight excluding hydrogens is 214 g/mol. The van der Waals surface area contributed by atoms with E-state index in [0.717, 1.165) is 11.3 Å². The highest BCUT2D eigenvalue weighted by molar-refractivity contribution is 6.33. The summed E-state index contributed by atoms with van der Waals surface area (Å²) in [7, 11) is 1.60. The smallest absolute Gasteiger partial charge is 0.234 e. The molecule has 2 aliphatic rings. The molecule has 0 saturated heterocycles. The number of methoxy groups -OCH3 is 1. The Morgan fingerprint density at radius 2 is 2.27 bits per heavy atom. The molecule has 80 valence electrons. The third-order valence-electron chi connectivity index (χ3n) is 2.91. The Morgan fingerprint density at radius 3 is 2.93 bits per heavy atom. The number of halogens is 1. The number of amides is 1. The van der Waals surface area contributed by atoms with Crippen LogP contribution in [0.3, 0.4) is 0 Å². The van der Waals surface area contributed by atoms with Crippen LogP contribution in [0.25, 0.3) is 0 Å². The predicted molar refractivity (Wildman–Crippen MR) is 58.0 cm³/mol. The maximum atomic E-state index is 11.8. The fourth-order valence-electron chi connectivity index (χ4n) is 1.91. The van der Waals surface area contributed by atoms with Crippen LogP contribution in [0.1, 0.15) is 13.3 Å². The Kier molecular flexibility index (Phi) is 2.35. The van der Waals surface area contributed by atoms with Gasteiger partial charge in [0.05, 0.1) is 23.3 Å². The van der Waals surface area contributed by atoms with Gasteiger partial charge in [0.1, 0.15) is 0 Å². The molecule has 0 radical (unpaired) electrons. The number of nitrogens with one attached hydrogen (secondary N) is 1. The number of hydrogen-bond acceptors (Lipinski definition) is 2. The lowest BCUT2D eigenvalue weighted by atomic mass is 9.73. The first-order valence-electron chi connectivity index (χ1n) is 4.70. The predicted octanol–water partition coefficient (Wildman–Crippen LogP) is 2.06. The molecule has 0 fully saturated rings. The molecule has 1 unspecified atom stereocenters. The quantitative estimate of drug-likeness (QED) is 0.742. The minimum Gasteiger partial charge on any atom is -0.501 e.